The number of hydrogen-bond donors (Lipinski definition) is 1. The standard InChI is InChI=1S/C14H17FN4O/c1-2-19-9-12(8-18-19)20-14-13(15)10(5-6-16-14)7-17-11-3-4-11/h5-6,8-9,11,17H,2-4,7H2,1H3. The van der Waals surface area contributed by atoms with Gasteiger partial charge in [0.1, 0.15) is 0 Å². The van der Waals surface area contributed by atoms with Gasteiger partial charge in [0.2, 0.25) is 0 Å². The highest BCUT2D eigenvalue weighted by Crippen LogP contribution is 2.25. The van der Waals surface area contributed by atoms with Crippen molar-refractivity contribution in [3.05, 3.63) is 36.0 Å². The van der Waals surface area contributed by atoms with Gasteiger partial charge in [0.25, 0.3) is 5.88 Å². The first kappa shape index (κ1) is 13.1. The van der Waals surface area contributed by atoms with Crippen LogP contribution in [0.25, 0.3) is 0 Å². The monoisotopic (exact) mass is 276 g/mol. The van der Waals surface area contributed by atoms with Crippen molar-refractivity contribution >= 4 is 0 Å². The van der Waals surface area contributed by atoms with E-state index in [2.05, 4.69) is 15.4 Å². The number of pyridine rings is 1. The highest BCUT2D eigenvalue weighted by molar-refractivity contribution is 5.28. The molecule has 1 aliphatic carbocycles. The Labute approximate surface area is 116 Å². The van der Waals surface area contributed by atoms with Crippen molar-refractivity contribution in [2.75, 3.05) is 0 Å². The normalized spacial score (nSPS) is 14.5. The van der Waals surface area contributed by atoms with Crippen molar-refractivity contribution in [3.63, 3.8) is 0 Å². The summed E-state index contributed by atoms with van der Waals surface area (Å²) in [7, 11) is 0. The Morgan fingerprint density at radius 3 is 3.05 bits per heavy atom. The highest BCUT2D eigenvalue weighted by Gasteiger charge is 2.21. The molecule has 0 spiro atoms. The average Bonchev–Trinajstić information content (AvgIpc) is 3.18. The third-order valence-corrected chi connectivity index (χ3v) is 3.24. The predicted octanol–water partition coefficient (Wildman–Crippen LogP) is 2.48. The van der Waals surface area contributed by atoms with E-state index in [0.29, 0.717) is 23.9 Å². The molecule has 5 nitrogen and oxygen atoms in total. The van der Waals surface area contributed by atoms with Gasteiger partial charge in [-0.15, -0.1) is 0 Å². The first-order chi connectivity index (χ1) is 9.76. The number of nitrogens with zero attached hydrogens (tertiary/aromatic N) is 3. The second-order valence-corrected chi connectivity index (χ2v) is 4.88. The van der Waals surface area contributed by atoms with Gasteiger partial charge in [0.15, 0.2) is 11.6 Å². The second-order valence-electron chi connectivity index (χ2n) is 4.88. The number of aryl methyl sites for hydroxylation is 1. The molecule has 3 rings (SSSR count). The average molecular weight is 276 g/mol. The zero-order valence-corrected chi connectivity index (χ0v) is 11.3. The van der Waals surface area contributed by atoms with Crippen LogP contribution in [0.2, 0.25) is 0 Å². The van der Waals surface area contributed by atoms with Gasteiger partial charge >= 0.3 is 0 Å². The van der Waals surface area contributed by atoms with Crippen LogP contribution in [-0.2, 0) is 13.1 Å². The third-order valence-electron chi connectivity index (χ3n) is 3.24. The minimum Gasteiger partial charge on any atom is -0.433 e. The SMILES string of the molecule is CCn1cc(Oc2nccc(CNC3CC3)c2F)cn1. The summed E-state index contributed by atoms with van der Waals surface area (Å²) >= 11 is 0. The maximum atomic E-state index is 14.3. The molecule has 0 aromatic carbocycles. The maximum absolute atomic E-state index is 14.3. The van der Waals surface area contributed by atoms with Crippen LogP contribution in [0.3, 0.4) is 0 Å². The van der Waals surface area contributed by atoms with Gasteiger partial charge in [-0.05, 0) is 25.8 Å². The van der Waals surface area contributed by atoms with E-state index in [0.717, 1.165) is 6.54 Å². The molecule has 0 unspecified atom stereocenters. The van der Waals surface area contributed by atoms with Gasteiger partial charge < -0.3 is 10.1 Å². The molecule has 2 aromatic rings. The molecule has 0 bridgehead atoms. The van der Waals surface area contributed by atoms with Crippen LogP contribution in [0.15, 0.2) is 24.7 Å². The van der Waals surface area contributed by atoms with E-state index >= 15 is 0 Å². The number of hydrogen-bond acceptors (Lipinski definition) is 4. The van der Waals surface area contributed by atoms with Crippen LogP contribution in [0, 0.1) is 5.82 Å². The lowest BCUT2D eigenvalue weighted by molar-refractivity contribution is 0.416. The lowest BCUT2D eigenvalue weighted by Crippen LogP contribution is -2.16. The predicted molar refractivity (Wildman–Crippen MR) is 72.0 cm³/mol. The lowest BCUT2D eigenvalue weighted by Gasteiger charge is -2.08. The van der Waals surface area contributed by atoms with Crippen molar-refractivity contribution in [2.24, 2.45) is 0 Å². The van der Waals surface area contributed by atoms with E-state index in [1.54, 1.807) is 29.3 Å². The van der Waals surface area contributed by atoms with Crippen LogP contribution < -0.4 is 10.1 Å². The summed E-state index contributed by atoms with van der Waals surface area (Å²) in [5.41, 5.74) is 0.574. The molecule has 1 N–H and O–H groups in total. The van der Waals surface area contributed by atoms with E-state index in [4.69, 9.17) is 4.74 Å². The first-order valence-electron chi connectivity index (χ1n) is 6.83. The molecule has 106 valence electrons. The number of ether oxygens (including phenoxy) is 1. The number of aromatic nitrogens is 3. The minimum atomic E-state index is -0.412. The van der Waals surface area contributed by atoms with Gasteiger partial charge in [-0.3, -0.25) is 4.68 Å². The topological polar surface area (TPSA) is 52.0 Å². The third kappa shape index (κ3) is 2.96. The summed E-state index contributed by atoms with van der Waals surface area (Å²) in [6.07, 6.45) is 7.18. The van der Waals surface area contributed by atoms with Crippen molar-refractivity contribution in [3.8, 4) is 11.6 Å². The fourth-order valence-electron chi connectivity index (χ4n) is 1.89. The van der Waals surface area contributed by atoms with Crippen LogP contribution in [-0.4, -0.2) is 20.8 Å². The molecule has 1 aliphatic rings. The summed E-state index contributed by atoms with van der Waals surface area (Å²) in [6.45, 7) is 3.22. The zero-order valence-electron chi connectivity index (χ0n) is 11.3. The van der Waals surface area contributed by atoms with E-state index < -0.39 is 5.82 Å². The minimum absolute atomic E-state index is 0.00394. The van der Waals surface area contributed by atoms with E-state index in [1.165, 1.54) is 12.8 Å². The molecular weight excluding hydrogens is 259 g/mol. The number of halogens is 1. The Hall–Kier alpha value is -1.95. The van der Waals surface area contributed by atoms with Gasteiger partial charge in [-0.1, -0.05) is 0 Å². The van der Waals surface area contributed by atoms with Crippen molar-refractivity contribution in [2.45, 2.75) is 38.9 Å². The Kier molecular flexibility index (Phi) is 3.64. The molecule has 1 saturated carbocycles. The Bertz CT molecular complexity index is 595. The zero-order chi connectivity index (χ0) is 13.9. The smallest absolute Gasteiger partial charge is 0.256 e. The molecule has 0 aliphatic heterocycles. The molecule has 20 heavy (non-hydrogen) atoms. The molecule has 6 heteroatoms. The number of rotatable bonds is 6. The van der Waals surface area contributed by atoms with Gasteiger partial charge in [0.05, 0.1) is 12.4 Å². The molecule has 2 aromatic heterocycles. The van der Waals surface area contributed by atoms with E-state index in [1.807, 2.05) is 6.92 Å². The highest BCUT2D eigenvalue weighted by atomic mass is 19.1. The lowest BCUT2D eigenvalue weighted by atomic mass is 10.2. The van der Waals surface area contributed by atoms with Crippen LogP contribution in [0.1, 0.15) is 25.3 Å². The van der Waals surface area contributed by atoms with Gasteiger partial charge in [-0.25, -0.2) is 9.37 Å². The molecule has 0 amide bonds. The molecular formula is C14H17FN4O. The summed E-state index contributed by atoms with van der Waals surface area (Å²) in [4.78, 5) is 3.95. The molecule has 1 fully saturated rings. The summed E-state index contributed by atoms with van der Waals surface area (Å²) in [6, 6.07) is 2.21. The summed E-state index contributed by atoms with van der Waals surface area (Å²) < 4.78 is 21.4. The van der Waals surface area contributed by atoms with Crippen molar-refractivity contribution in [1.82, 2.24) is 20.1 Å². The largest absolute Gasteiger partial charge is 0.433 e. The Morgan fingerprint density at radius 1 is 1.50 bits per heavy atom. The first-order valence-corrected chi connectivity index (χ1v) is 6.83. The molecule has 0 atom stereocenters. The number of nitrogens with one attached hydrogen (secondary N) is 1. The fourth-order valence-corrected chi connectivity index (χ4v) is 1.89. The summed E-state index contributed by atoms with van der Waals surface area (Å²) in [5.74, 6) is 0.0752. The summed E-state index contributed by atoms with van der Waals surface area (Å²) in [5, 5.41) is 7.36. The van der Waals surface area contributed by atoms with Crippen molar-refractivity contribution in [1.29, 1.82) is 0 Å². The molecule has 0 saturated heterocycles. The maximum Gasteiger partial charge on any atom is 0.256 e. The van der Waals surface area contributed by atoms with Crippen LogP contribution >= 0.6 is 0 Å². The van der Waals surface area contributed by atoms with Crippen LogP contribution in [0.4, 0.5) is 4.39 Å². The van der Waals surface area contributed by atoms with Gasteiger partial charge in [0, 0.05) is 30.9 Å². The Morgan fingerprint density at radius 2 is 2.35 bits per heavy atom. The van der Waals surface area contributed by atoms with Crippen LogP contribution in [0.5, 0.6) is 11.6 Å². The Balaban J connectivity index is 1.72. The van der Waals surface area contributed by atoms with Gasteiger partial charge in [-0.2, -0.15) is 5.10 Å². The fraction of sp³-hybridized carbons (Fsp3) is 0.429. The molecule has 2 heterocycles. The van der Waals surface area contributed by atoms with E-state index in [-0.39, 0.29) is 5.88 Å². The van der Waals surface area contributed by atoms with E-state index in [9.17, 15) is 4.39 Å². The molecule has 0 radical (unpaired) electrons. The quantitative estimate of drug-likeness (QED) is 0.880. The second kappa shape index (κ2) is 5.58. The van der Waals surface area contributed by atoms with Crippen molar-refractivity contribution < 1.29 is 9.13 Å².